The molecule has 2 aliphatic heterocycles. The van der Waals surface area contributed by atoms with Crippen LogP contribution in [0.15, 0.2) is 67.3 Å². The molecule has 1 atom stereocenters. The molecule has 16 heteroatoms. The molecule has 5 aromatic rings. The number of carbonyl (C=O) groups excluding carboxylic acids is 2. The van der Waals surface area contributed by atoms with Gasteiger partial charge in [0, 0.05) is 63.9 Å². The number of benzene rings is 2. The quantitative estimate of drug-likeness (QED) is 0.110. The summed E-state index contributed by atoms with van der Waals surface area (Å²) < 4.78 is 36.0. The molecule has 5 heterocycles. The van der Waals surface area contributed by atoms with Crippen molar-refractivity contribution in [1.29, 1.82) is 0 Å². The molecular formula is C38H46FN9O5Si. The Morgan fingerprint density at radius 2 is 1.80 bits per heavy atom. The van der Waals surface area contributed by atoms with Crippen LogP contribution in [0.1, 0.15) is 32.4 Å². The van der Waals surface area contributed by atoms with Gasteiger partial charge in [-0.15, -0.1) is 0 Å². The molecule has 2 amide bonds. The number of para-hydroxylation sites is 1. The van der Waals surface area contributed by atoms with Gasteiger partial charge in [-0.1, -0.05) is 43.9 Å². The van der Waals surface area contributed by atoms with Gasteiger partial charge in [-0.2, -0.15) is 10.2 Å². The molecule has 54 heavy (non-hydrogen) atoms. The number of hydrogen-bond acceptors (Lipinski definition) is 10. The first-order chi connectivity index (χ1) is 25.8. The molecule has 0 radical (unpaired) electrons. The van der Waals surface area contributed by atoms with Crippen LogP contribution in [0.4, 0.5) is 25.5 Å². The highest BCUT2D eigenvalue weighted by Crippen LogP contribution is 2.38. The van der Waals surface area contributed by atoms with Gasteiger partial charge in [0.2, 0.25) is 0 Å². The lowest BCUT2D eigenvalue weighted by atomic mass is 10.0. The number of amides is 2. The minimum atomic E-state index is -1.25. The van der Waals surface area contributed by atoms with E-state index in [1.807, 2.05) is 45.0 Å². The minimum Gasteiger partial charge on any atom is -0.447 e. The number of carbonyl (C=O) groups is 2. The Bertz CT molecular complexity index is 2150. The van der Waals surface area contributed by atoms with Gasteiger partial charge in [-0.05, 0) is 56.6 Å². The van der Waals surface area contributed by atoms with E-state index in [1.165, 1.54) is 12.4 Å². The van der Waals surface area contributed by atoms with E-state index in [2.05, 4.69) is 39.7 Å². The maximum Gasteiger partial charge on any atom is 0.416 e. The number of fused-ring (bicyclic) bond motifs is 1. The molecule has 284 valence electrons. The summed E-state index contributed by atoms with van der Waals surface area (Å²) in [5.74, 6) is 0.266. The van der Waals surface area contributed by atoms with Gasteiger partial charge in [0.1, 0.15) is 42.9 Å². The second-order valence-corrected chi connectivity index (χ2v) is 21.3. The zero-order chi connectivity index (χ0) is 38.2. The van der Waals surface area contributed by atoms with Crippen LogP contribution in [0.3, 0.4) is 0 Å². The van der Waals surface area contributed by atoms with Crippen LogP contribution < -0.4 is 9.80 Å². The lowest BCUT2D eigenvalue weighted by Crippen LogP contribution is -2.50. The zero-order valence-corrected chi connectivity index (χ0v) is 32.5. The first kappa shape index (κ1) is 37.0. The lowest BCUT2D eigenvalue weighted by Gasteiger charge is -2.38. The lowest BCUT2D eigenvalue weighted by molar-refractivity contribution is 0.0240. The van der Waals surface area contributed by atoms with Crippen LogP contribution in [0.2, 0.25) is 25.7 Å². The molecule has 2 fully saturated rings. The van der Waals surface area contributed by atoms with E-state index in [1.54, 1.807) is 49.6 Å². The Kier molecular flexibility index (Phi) is 10.1. The topological polar surface area (TPSA) is 132 Å². The summed E-state index contributed by atoms with van der Waals surface area (Å²) in [6, 6.07) is 15.1. The Hall–Kier alpha value is -5.35. The number of nitrogens with zero attached hydrogens (tertiary/aromatic N) is 9. The second-order valence-electron chi connectivity index (χ2n) is 15.7. The first-order valence-corrected chi connectivity index (χ1v) is 21.8. The summed E-state index contributed by atoms with van der Waals surface area (Å²) >= 11 is 0. The number of piperazine rings is 1. The SMILES string of the molecule is CC(C)(C)OC(=O)N1CCN(c2ccccc2C2COC(=O)N2c2ccn3ncc(-c4ccc(-c5ncnn5COCC[Si](C)(C)C)c(F)c4)c3n2)CC1. The van der Waals surface area contributed by atoms with Crippen LogP contribution in [0.25, 0.3) is 28.2 Å². The number of halogens is 1. The maximum absolute atomic E-state index is 15.8. The third kappa shape index (κ3) is 7.94. The van der Waals surface area contributed by atoms with Crippen molar-refractivity contribution in [1.82, 2.24) is 34.3 Å². The van der Waals surface area contributed by atoms with Crippen molar-refractivity contribution in [2.45, 2.75) is 64.8 Å². The van der Waals surface area contributed by atoms with E-state index in [0.29, 0.717) is 66.8 Å². The third-order valence-corrected chi connectivity index (χ3v) is 11.1. The molecule has 1 unspecified atom stereocenters. The number of cyclic esters (lactones) is 1. The van der Waals surface area contributed by atoms with Crippen LogP contribution in [0, 0.1) is 5.82 Å². The molecule has 0 aliphatic carbocycles. The largest absolute Gasteiger partial charge is 0.447 e. The Morgan fingerprint density at radius 1 is 1.02 bits per heavy atom. The fraction of sp³-hybridized carbons (Fsp3) is 0.421. The van der Waals surface area contributed by atoms with Crippen molar-refractivity contribution in [3.8, 4) is 22.5 Å². The average molecular weight is 756 g/mol. The summed E-state index contributed by atoms with van der Waals surface area (Å²) in [7, 11) is -1.25. The number of anilines is 2. The Balaban J connectivity index is 1.11. The molecular weight excluding hydrogens is 710 g/mol. The van der Waals surface area contributed by atoms with Gasteiger partial charge in [0.25, 0.3) is 0 Å². The summed E-state index contributed by atoms with van der Waals surface area (Å²) in [4.78, 5) is 40.7. The van der Waals surface area contributed by atoms with E-state index in [0.717, 1.165) is 17.3 Å². The Labute approximate surface area is 314 Å². The highest BCUT2D eigenvalue weighted by Gasteiger charge is 2.39. The minimum absolute atomic E-state index is 0.132. The monoisotopic (exact) mass is 755 g/mol. The summed E-state index contributed by atoms with van der Waals surface area (Å²) in [6.45, 7) is 15.5. The third-order valence-electron chi connectivity index (χ3n) is 9.39. The van der Waals surface area contributed by atoms with E-state index in [9.17, 15) is 9.59 Å². The van der Waals surface area contributed by atoms with Gasteiger partial charge in [-0.25, -0.2) is 33.1 Å². The molecule has 0 N–H and O–H groups in total. The van der Waals surface area contributed by atoms with Gasteiger partial charge in [0.15, 0.2) is 11.5 Å². The normalized spacial score (nSPS) is 16.7. The predicted molar refractivity (Wildman–Crippen MR) is 205 cm³/mol. The number of ether oxygens (including phenoxy) is 3. The van der Waals surface area contributed by atoms with Crippen LogP contribution >= 0.6 is 0 Å². The van der Waals surface area contributed by atoms with Crippen LogP contribution in [-0.2, 0) is 20.9 Å². The fourth-order valence-electron chi connectivity index (χ4n) is 6.58. The smallest absolute Gasteiger partial charge is 0.416 e. The van der Waals surface area contributed by atoms with Crippen LogP contribution in [-0.4, -0.2) is 99.5 Å². The average Bonchev–Trinajstić information content (AvgIpc) is 3.87. The second kappa shape index (κ2) is 14.8. The molecule has 0 bridgehead atoms. The highest BCUT2D eigenvalue weighted by atomic mass is 28.3. The van der Waals surface area contributed by atoms with Crippen molar-refractivity contribution in [3.63, 3.8) is 0 Å². The number of rotatable bonds is 10. The molecule has 2 aliphatic rings. The van der Waals surface area contributed by atoms with E-state index in [4.69, 9.17) is 19.2 Å². The highest BCUT2D eigenvalue weighted by molar-refractivity contribution is 6.76. The summed E-state index contributed by atoms with van der Waals surface area (Å²) in [6.07, 6.45) is 3.89. The van der Waals surface area contributed by atoms with E-state index >= 15 is 4.39 Å². The van der Waals surface area contributed by atoms with Crippen molar-refractivity contribution in [3.05, 3.63) is 78.6 Å². The standard InChI is InChI=1S/C38H46FN9O5Si/c1-38(2,3)53-36(49)45-17-15-44(16-18-45)31-10-8-7-9-28(31)32-23-52-37(50)48(32)33-13-14-46-35(43-33)29(22-41-46)26-11-12-27(30(39)21-26)34-40-24-42-47(34)25-51-19-20-54(4,5)6/h7-14,21-22,24,32H,15-20,23,25H2,1-6H3. The van der Waals surface area contributed by atoms with Crippen molar-refractivity contribution in [2.24, 2.45) is 0 Å². The molecule has 2 aromatic carbocycles. The molecule has 3 aromatic heterocycles. The van der Waals surface area contributed by atoms with Crippen molar-refractivity contribution >= 4 is 37.4 Å². The molecule has 0 spiro atoms. The molecule has 7 rings (SSSR count). The molecule has 0 saturated carbocycles. The summed E-state index contributed by atoms with van der Waals surface area (Å²) in [5.41, 5.74) is 3.17. The molecule has 2 saturated heterocycles. The number of hydrogen-bond donors (Lipinski definition) is 0. The van der Waals surface area contributed by atoms with Crippen molar-refractivity contribution in [2.75, 3.05) is 49.2 Å². The van der Waals surface area contributed by atoms with Crippen LogP contribution in [0.5, 0.6) is 0 Å². The summed E-state index contributed by atoms with van der Waals surface area (Å²) in [5, 5.41) is 8.71. The predicted octanol–water partition coefficient (Wildman–Crippen LogP) is 6.86. The first-order valence-electron chi connectivity index (χ1n) is 18.1. The van der Waals surface area contributed by atoms with Gasteiger partial charge < -0.3 is 24.0 Å². The fourth-order valence-corrected chi connectivity index (χ4v) is 7.33. The van der Waals surface area contributed by atoms with E-state index in [-0.39, 0.29) is 19.4 Å². The number of aromatic nitrogens is 6. The van der Waals surface area contributed by atoms with Crippen molar-refractivity contribution < 1.29 is 28.2 Å². The van der Waals surface area contributed by atoms with Gasteiger partial charge in [-0.3, -0.25) is 4.90 Å². The zero-order valence-electron chi connectivity index (χ0n) is 31.5. The van der Waals surface area contributed by atoms with Gasteiger partial charge >= 0.3 is 12.2 Å². The Morgan fingerprint density at radius 3 is 2.54 bits per heavy atom. The van der Waals surface area contributed by atoms with Gasteiger partial charge in [0.05, 0.1) is 11.8 Å². The van der Waals surface area contributed by atoms with E-state index < -0.39 is 31.6 Å². The molecule has 14 nitrogen and oxygen atoms in total. The maximum atomic E-state index is 15.8.